The van der Waals surface area contributed by atoms with Crippen molar-refractivity contribution in [3.05, 3.63) is 65.7 Å². The molecule has 26 heavy (non-hydrogen) atoms. The zero-order valence-corrected chi connectivity index (χ0v) is 13.7. The fourth-order valence-electron chi connectivity index (χ4n) is 2.69. The lowest BCUT2D eigenvalue weighted by Gasteiger charge is -2.24. The van der Waals surface area contributed by atoms with Gasteiger partial charge in [-0.2, -0.15) is 13.2 Å². The van der Waals surface area contributed by atoms with E-state index < -0.39 is 17.8 Å². The molecule has 3 rings (SSSR count). The Balaban J connectivity index is 2.07. The molecule has 136 valence electrons. The standard InChI is InChI=1S/C18H15F3N2O3/c1-26-14-10-6-5-9-13(14)11-23-15(12-7-3-2-4-8-12)22-17(25,16(23)24)18(19,20)21/h2-10,25H,11H2,1H3/t17-/m0/s1. The van der Waals surface area contributed by atoms with Gasteiger partial charge in [-0.25, -0.2) is 4.99 Å². The number of benzene rings is 2. The van der Waals surface area contributed by atoms with Gasteiger partial charge in [0.2, 0.25) is 0 Å². The summed E-state index contributed by atoms with van der Waals surface area (Å²) in [7, 11) is 1.42. The highest BCUT2D eigenvalue weighted by Crippen LogP contribution is 2.39. The van der Waals surface area contributed by atoms with E-state index in [1.54, 1.807) is 42.5 Å². The number of para-hydroxylation sites is 1. The number of halogens is 3. The summed E-state index contributed by atoms with van der Waals surface area (Å²) in [6.07, 6.45) is -5.24. The molecule has 1 amide bonds. The van der Waals surface area contributed by atoms with E-state index >= 15 is 0 Å². The molecule has 0 bridgehead atoms. The molecule has 2 aromatic rings. The summed E-state index contributed by atoms with van der Waals surface area (Å²) in [5.41, 5.74) is -3.03. The van der Waals surface area contributed by atoms with Gasteiger partial charge in [-0.05, 0) is 6.07 Å². The van der Waals surface area contributed by atoms with Gasteiger partial charge in [0.25, 0.3) is 5.91 Å². The third kappa shape index (κ3) is 2.92. The molecule has 0 saturated heterocycles. The molecule has 0 fully saturated rings. The largest absolute Gasteiger partial charge is 0.496 e. The number of methoxy groups -OCH3 is 1. The Labute approximate surface area is 147 Å². The molecule has 1 N–H and O–H groups in total. The molecule has 0 spiro atoms. The maximum absolute atomic E-state index is 13.3. The Morgan fingerprint density at radius 3 is 2.35 bits per heavy atom. The third-order valence-corrected chi connectivity index (χ3v) is 4.01. The first-order valence-corrected chi connectivity index (χ1v) is 7.66. The number of hydrogen-bond donors (Lipinski definition) is 1. The lowest BCUT2D eigenvalue weighted by atomic mass is 10.1. The second-order valence-corrected chi connectivity index (χ2v) is 5.67. The number of hydrogen-bond acceptors (Lipinski definition) is 4. The van der Waals surface area contributed by atoms with Gasteiger partial charge in [-0.15, -0.1) is 0 Å². The van der Waals surface area contributed by atoms with Crippen LogP contribution in [-0.4, -0.2) is 40.8 Å². The smallest absolute Gasteiger partial charge is 0.448 e. The molecule has 5 nitrogen and oxygen atoms in total. The van der Waals surface area contributed by atoms with E-state index in [0.717, 1.165) is 4.90 Å². The number of alkyl halides is 3. The van der Waals surface area contributed by atoms with Gasteiger partial charge in [-0.3, -0.25) is 9.69 Å². The highest BCUT2D eigenvalue weighted by molar-refractivity contribution is 6.14. The minimum absolute atomic E-state index is 0.227. The van der Waals surface area contributed by atoms with Crippen LogP contribution in [0.1, 0.15) is 11.1 Å². The number of ether oxygens (including phenoxy) is 1. The number of nitrogens with zero attached hydrogens (tertiary/aromatic N) is 2. The molecular weight excluding hydrogens is 349 g/mol. The first kappa shape index (κ1) is 17.9. The van der Waals surface area contributed by atoms with E-state index in [1.807, 2.05) is 0 Å². The second kappa shape index (κ2) is 6.45. The number of aliphatic hydroxyl groups is 1. The van der Waals surface area contributed by atoms with Crippen LogP contribution < -0.4 is 4.74 Å². The zero-order valence-electron chi connectivity index (χ0n) is 13.7. The average molecular weight is 364 g/mol. The van der Waals surface area contributed by atoms with Crippen molar-refractivity contribution < 1.29 is 27.8 Å². The fourth-order valence-corrected chi connectivity index (χ4v) is 2.69. The van der Waals surface area contributed by atoms with Crippen LogP contribution in [0.3, 0.4) is 0 Å². The quantitative estimate of drug-likeness (QED) is 0.908. The number of amides is 1. The molecule has 1 heterocycles. The van der Waals surface area contributed by atoms with Crippen molar-refractivity contribution in [3.8, 4) is 5.75 Å². The molecule has 1 aliphatic heterocycles. The molecular formula is C18H15F3N2O3. The van der Waals surface area contributed by atoms with E-state index in [9.17, 15) is 23.1 Å². The van der Waals surface area contributed by atoms with Crippen molar-refractivity contribution in [2.24, 2.45) is 4.99 Å². The van der Waals surface area contributed by atoms with Crippen molar-refractivity contribution in [2.45, 2.75) is 18.4 Å². The molecule has 0 aliphatic carbocycles. The molecule has 8 heteroatoms. The Hall–Kier alpha value is -2.87. The molecule has 1 atom stereocenters. The minimum atomic E-state index is -5.24. The van der Waals surface area contributed by atoms with Crippen LogP contribution in [0.15, 0.2) is 59.6 Å². The molecule has 0 radical (unpaired) electrons. The Kier molecular flexibility index (Phi) is 4.45. The number of carbonyl (C=O) groups excluding carboxylic acids is 1. The fraction of sp³-hybridized carbons (Fsp3) is 0.222. The average Bonchev–Trinajstić information content (AvgIpc) is 2.89. The van der Waals surface area contributed by atoms with Crippen LogP contribution in [0.2, 0.25) is 0 Å². The van der Waals surface area contributed by atoms with Crippen molar-refractivity contribution >= 4 is 11.7 Å². The van der Waals surface area contributed by atoms with Crippen LogP contribution in [0, 0.1) is 0 Å². The first-order chi connectivity index (χ1) is 12.3. The highest BCUT2D eigenvalue weighted by atomic mass is 19.4. The van der Waals surface area contributed by atoms with E-state index in [-0.39, 0.29) is 17.9 Å². The van der Waals surface area contributed by atoms with Gasteiger partial charge in [-0.1, -0.05) is 48.5 Å². The van der Waals surface area contributed by atoms with E-state index in [1.165, 1.54) is 19.2 Å². The Morgan fingerprint density at radius 1 is 1.12 bits per heavy atom. The van der Waals surface area contributed by atoms with Gasteiger partial charge in [0, 0.05) is 11.1 Å². The molecule has 0 saturated carbocycles. The topological polar surface area (TPSA) is 62.1 Å². The van der Waals surface area contributed by atoms with E-state index in [0.29, 0.717) is 11.3 Å². The van der Waals surface area contributed by atoms with Crippen LogP contribution in [0.4, 0.5) is 13.2 Å². The SMILES string of the molecule is COc1ccccc1CN1C(=O)[C@](O)(C(F)(F)F)N=C1c1ccccc1. The summed E-state index contributed by atoms with van der Waals surface area (Å²) < 4.78 is 45.1. The third-order valence-electron chi connectivity index (χ3n) is 4.01. The Bertz CT molecular complexity index is 852. The molecule has 2 aromatic carbocycles. The van der Waals surface area contributed by atoms with Gasteiger partial charge in [0.15, 0.2) is 0 Å². The van der Waals surface area contributed by atoms with Crippen molar-refractivity contribution in [2.75, 3.05) is 7.11 Å². The summed E-state index contributed by atoms with van der Waals surface area (Å²) >= 11 is 0. The minimum Gasteiger partial charge on any atom is -0.496 e. The zero-order chi connectivity index (χ0) is 18.9. The normalized spacial score (nSPS) is 20.3. The summed E-state index contributed by atoms with van der Waals surface area (Å²) in [5, 5.41) is 9.97. The molecule has 0 aromatic heterocycles. The summed E-state index contributed by atoms with van der Waals surface area (Å²) in [6, 6.07) is 14.6. The van der Waals surface area contributed by atoms with Gasteiger partial charge in [0.05, 0.1) is 13.7 Å². The maximum atomic E-state index is 13.3. The molecule has 0 unspecified atom stereocenters. The van der Waals surface area contributed by atoms with Gasteiger partial charge >= 0.3 is 11.9 Å². The predicted octanol–water partition coefficient (Wildman–Crippen LogP) is 2.74. The van der Waals surface area contributed by atoms with Crippen molar-refractivity contribution in [3.63, 3.8) is 0 Å². The van der Waals surface area contributed by atoms with Crippen molar-refractivity contribution in [1.29, 1.82) is 0 Å². The van der Waals surface area contributed by atoms with E-state index in [2.05, 4.69) is 4.99 Å². The van der Waals surface area contributed by atoms with Crippen LogP contribution in [0.25, 0.3) is 0 Å². The summed E-state index contributed by atoms with van der Waals surface area (Å²) in [5.74, 6) is -1.38. The monoisotopic (exact) mass is 364 g/mol. The lowest BCUT2D eigenvalue weighted by Crippen LogP contribution is -2.52. The van der Waals surface area contributed by atoms with Gasteiger partial charge in [0.1, 0.15) is 11.6 Å². The lowest BCUT2D eigenvalue weighted by molar-refractivity contribution is -0.248. The highest BCUT2D eigenvalue weighted by Gasteiger charge is 2.65. The number of aliphatic imine (C=N–C) groups is 1. The number of rotatable bonds is 4. The summed E-state index contributed by atoms with van der Waals surface area (Å²) in [4.78, 5) is 16.6. The maximum Gasteiger partial charge on any atom is 0.448 e. The van der Waals surface area contributed by atoms with Crippen LogP contribution >= 0.6 is 0 Å². The number of amidine groups is 1. The molecule has 1 aliphatic rings. The predicted molar refractivity (Wildman–Crippen MR) is 87.5 cm³/mol. The van der Waals surface area contributed by atoms with Crippen LogP contribution in [0.5, 0.6) is 5.75 Å². The second-order valence-electron chi connectivity index (χ2n) is 5.67. The van der Waals surface area contributed by atoms with Crippen LogP contribution in [-0.2, 0) is 11.3 Å². The Morgan fingerprint density at radius 2 is 1.73 bits per heavy atom. The number of carbonyl (C=O) groups is 1. The first-order valence-electron chi connectivity index (χ1n) is 7.66. The van der Waals surface area contributed by atoms with Gasteiger partial charge < -0.3 is 9.84 Å². The van der Waals surface area contributed by atoms with E-state index in [4.69, 9.17) is 4.74 Å². The van der Waals surface area contributed by atoms with Crippen molar-refractivity contribution in [1.82, 2.24) is 4.90 Å². The summed E-state index contributed by atoms with van der Waals surface area (Å²) in [6.45, 7) is -0.227.